The molecule has 5 heteroatoms. The maximum absolute atomic E-state index is 11.9. The van der Waals surface area contributed by atoms with Gasteiger partial charge in [0.15, 0.2) is 0 Å². The smallest absolute Gasteiger partial charge is 0.251 e. The van der Waals surface area contributed by atoms with E-state index in [1.807, 2.05) is 0 Å². The van der Waals surface area contributed by atoms with E-state index in [1.54, 1.807) is 0 Å². The summed E-state index contributed by atoms with van der Waals surface area (Å²) in [6.45, 7) is 4.60. The first-order chi connectivity index (χ1) is 8.99. The van der Waals surface area contributed by atoms with E-state index >= 15 is 0 Å². The molecule has 0 aliphatic carbocycles. The molecule has 2 N–H and O–H groups in total. The predicted octanol–water partition coefficient (Wildman–Crippen LogP) is 3.82. The van der Waals surface area contributed by atoms with Crippen molar-refractivity contribution in [2.24, 2.45) is 5.92 Å². The number of alkyl halides is 1. The van der Waals surface area contributed by atoms with Gasteiger partial charge in [-0.1, -0.05) is 38.3 Å². The Bertz CT molecular complexity index is 433. The molecule has 0 saturated heterocycles. The van der Waals surface area contributed by atoms with Gasteiger partial charge in [-0.2, -0.15) is 0 Å². The van der Waals surface area contributed by atoms with Crippen molar-refractivity contribution in [3.63, 3.8) is 0 Å². The van der Waals surface area contributed by atoms with Crippen LogP contribution in [-0.2, 0) is 0 Å². The van der Waals surface area contributed by atoms with Crippen molar-refractivity contribution in [2.75, 3.05) is 6.54 Å². The summed E-state index contributed by atoms with van der Waals surface area (Å²) in [7, 11) is 0. The van der Waals surface area contributed by atoms with Crippen molar-refractivity contribution in [2.45, 2.75) is 32.1 Å². The number of nitrogens with one attached hydrogen (secondary N) is 1. The number of halogens is 2. The normalized spacial score (nSPS) is 12.5. The van der Waals surface area contributed by atoms with Crippen molar-refractivity contribution in [3.05, 3.63) is 28.8 Å². The average Bonchev–Trinajstić information content (AvgIpc) is 2.40. The van der Waals surface area contributed by atoms with E-state index in [0.29, 0.717) is 18.0 Å². The van der Waals surface area contributed by atoms with E-state index in [4.69, 9.17) is 23.2 Å². The standard InChI is InChI=1S/C14H19Cl2NO2/c1-3-9(4-2)12(16)8-17-14(19)10-5-6-13(18)11(15)7-10/h5-7,9,12,18H,3-4,8H2,1-2H3,(H,17,19). The van der Waals surface area contributed by atoms with Gasteiger partial charge in [0, 0.05) is 12.1 Å². The molecule has 0 aliphatic heterocycles. The molecule has 0 heterocycles. The van der Waals surface area contributed by atoms with Gasteiger partial charge >= 0.3 is 0 Å². The maximum Gasteiger partial charge on any atom is 0.251 e. The second-order valence-corrected chi connectivity index (χ2v) is 5.44. The molecule has 1 unspecified atom stereocenters. The highest BCUT2D eigenvalue weighted by Gasteiger charge is 2.17. The molecule has 0 spiro atoms. The van der Waals surface area contributed by atoms with Gasteiger partial charge in [-0.25, -0.2) is 0 Å². The van der Waals surface area contributed by atoms with E-state index in [-0.39, 0.29) is 22.1 Å². The summed E-state index contributed by atoms with van der Waals surface area (Å²) in [5.41, 5.74) is 0.413. The van der Waals surface area contributed by atoms with E-state index in [2.05, 4.69) is 19.2 Å². The molecule has 0 bridgehead atoms. The Kier molecular flexibility index (Phi) is 6.46. The van der Waals surface area contributed by atoms with Crippen LogP contribution in [0, 0.1) is 5.92 Å². The molecule has 1 atom stereocenters. The first-order valence-corrected chi connectivity index (χ1v) is 7.21. The van der Waals surface area contributed by atoms with Gasteiger partial charge in [-0.15, -0.1) is 11.6 Å². The van der Waals surface area contributed by atoms with Crippen molar-refractivity contribution >= 4 is 29.1 Å². The Balaban J connectivity index is 2.58. The molecule has 0 fully saturated rings. The lowest BCUT2D eigenvalue weighted by atomic mass is 9.99. The average molecular weight is 304 g/mol. The van der Waals surface area contributed by atoms with Crippen LogP contribution in [-0.4, -0.2) is 22.9 Å². The third-order valence-electron chi connectivity index (χ3n) is 3.23. The molecule has 1 aromatic rings. The Morgan fingerprint density at radius 1 is 1.37 bits per heavy atom. The number of hydrogen-bond donors (Lipinski definition) is 2. The summed E-state index contributed by atoms with van der Waals surface area (Å²) in [6.07, 6.45) is 1.98. The van der Waals surface area contributed by atoms with Gasteiger partial charge in [0.05, 0.1) is 10.4 Å². The van der Waals surface area contributed by atoms with Crippen LogP contribution in [0.3, 0.4) is 0 Å². The van der Waals surface area contributed by atoms with Gasteiger partial charge in [0.1, 0.15) is 5.75 Å². The molecular weight excluding hydrogens is 285 g/mol. The van der Waals surface area contributed by atoms with Crippen LogP contribution in [0.2, 0.25) is 5.02 Å². The number of carbonyl (C=O) groups is 1. The minimum atomic E-state index is -0.237. The zero-order valence-electron chi connectivity index (χ0n) is 11.1. The summed E-state index contributed by atoms with van der Waals surface area (Å²) in [5, 5.41) is 12.2. The molecule has 1 aromatic carbocycles. The first kappa shape index (κ1) is 16.1. The highest BCUT2D eigenvalue weighted by molar-refractivity contribution is 6.32. The number of amides is 1. The Hall–Kier alpha value is -0.930. The summed E-state index contributed by atoms with van der Waals surface area (Å²) in [6, 6.07) is 4.36. The maximum atomic E-state index is 11.9. The molecule has 1 amide bonds. The summed E-state index contributed by atoms with van der Waals surface area (Å²) in [5.74, 6) is 0.120. The van der Waals surface area contributed by atoms with E-state index in [1.165, 1.54) is 18.2 Å². The molecule has 1 rings (SSSR count). The number of carbonyl (C=O) groups excluding carboxylic acids is 1. The largest absolute Gasteiger partial charge is 0.506 e. The lowest BCUT2D eigenvalue weighted by Gasteiger charge is -2.19. The zero-order chi connectivity index (χ0) is 14.4. The third-order valence-corrected chi connectivity index (χ3v) is 4.04. The van der Waals surface area contributed by atoms with Crippen molar-refractivity contribution in [3.8, 4) is 5.75 Å². The number of phenolic OH excluding ortho intramolecular Hbond substituents is 1. The highest BCUT2D eigenvalue weighted by atomic mass is 35.5. The lowest BCUT2D eigenvalue weighted by Crippen LogP contribution is -2.33. The minimum absolute atomic E-state index is 0.0366. The summed E-state index contributed by atoms with van der Waals surface area (Å²) < 4.78 is 0. The minimum Gasteiger partial charge on any atom is -0.506 e. The SMILES string of the molecule is CCC(CC)C(Cl)CNC(=O)c1ccc(O)c(Cl)c1. The molecule has 106 valence electrons. The third kappa shape index (κ3) is 4.59. The van der Waals surface area contributed by atoms with Crippen LogP contribution in [0.25, 0.3) is 0 Å². The van der Waals surface area contributed by atoms with Crippen LogP contribution < -0.4 is 5.32 Å². The van der Waals surface area contributed by atoms with Crippen LogP contribution in [0.4, 0.5) is 0 Å². The van der Waals surface area contributed by atoms with Crippen LogP contribution in [0.1, 0.15) is 37.0 Å². The van der Waals surface area contributed by atoms with Gasteiger partial charge < -0.3 is 10.4 Å². The van der Waals surface area contributed by atoms with E-state index in [9.17, 15) is 9.90 Å². The molecule has 3 nitrogen and oxygen atoms in total. The Morgan fingerprint density at radius 2 is 2.00 bits per heavy atom. The van der Waals surface area contributed by atoms with Gasteiger partial charge in [-0.3, -0.25) is 4.79 Å². The monoisotopic (exact) mass is 303 g/mol. The topological polar surface area (TPSA) is 49.3 Å². The predicted molar refractivity (Wildman–Crippen MR) is 79.2 cm³/mol. The second-order valence-electron chi connectivity index (χ2n) is 4.47. The first-order valence-electron chi connectivity index (χ1n) is 6.40. The molecule has 0 aliphatic rings. The fourth-order valence-corrected chi connectivity index (χ4v) is 2.52. The molecule has 0 aromatic heterocycles. The van der Waals surface area contributed by atoms with E-state index < -0.39 is 0 Å². The Morgan fingerprint density at radius 3 is 2.53 bits per heavy atom. The number of phenols is 1. The van der Waals surface area contributed by atoms with Crippen molar-refractivity contribution < 1.29 is 9.90 Å². The number of hydrogen-bond acceptors (Lipinski definition) is 2. The van der Waals surface area contributed by atoms with Crippen molar-refractivity contribution in [1.82, 2.24) is 5.32 Å². The molecule has 0 radical (unpaired) electrons. The molecule has 0 saturated carbocycles. The summed E-state index contributed by atoms with van der Waals surface area (Å²) in [4.78, 5) is 11.9. The van der Waals surface area contributed by atoms with Crippen LogP contribution in [0.15, 0.2) is 18.2 Å². The number of benzene rings is 1. The van der Waals surface area contributed by atoms with Crippen LogP contribution >= 0.6 is 23.2 Å². The van der Waals surface area contributed by atoms with Gasteiger partial charge in [0.2, 0.25) is 0 Å². The van der Waals surface area contributed by atoms with Crippen LogP contribution in [0.5, 0.6) is 5.75 Å². The van der Waals surface area contributed by atoms with Gasteiger partial charge in [0.25, 0.3) is 5.91 Å². The van der Waals surface area contributed by atoms with Crippen molar-refractivity contribution in [1.29, 1.82) is 0 Å². The Labute approximate surface area is 123 Å². The fourth-order valence-electron chi connectivity index (χ4n) is 1.91. The van der Waals surface area contributed by atoms with Gasteiger partial charge in [-0.05, 0) is 24.1 Å². The highest BCUT2D eigenvalue weighted by Crippen LogP contribution is 2.23. The van der Waals surface area contributed by atoms with E-state index in [0.717, 1.165) is 12.8 Å². The number of rotatable bonds is 6. The quantitative estimate of drug-likeness (QED) is 0.785. The lowest BCUT2D eigenvalue weighted by molar-refractivity contribution is 0.0951. The zero-order valence-corrected chi connectivity index (χ0v) is 12.6. The number of aromatic hydroxyl groups is 1. The molecule has 19 heavy (non-hydrogen) atoms. The molecular formula is C14H19Cl2NO2. The summed E-state index contributed by atoms with van der Waals surface area (Å²) >= 11 is 12.0. The second kappa shape index (κ2) is 7.61. The fraction of sp³-hybridized carbons (Fsp3) is 0.500.